The van der Waals surface area contributed by atoms with E-state index in [2.05, 4.69) is 5.32 Å². The Hall–Kier alpha value is -1.62. The summed E-state index contributed by atoms with van der Waals surface area (Å²) >= 11 is 6.18. The number of amides is 1. The predicted octanol–water partition coefficient (Wildman–Crippen LogP) is 4.15. The summed E-state index contributed by atoms with van der Waals surface area (Å²) in [7, 11) is 0. The van der Waals surface area contributed by atoms with Crippen molar-refractivity contribution < 1.29 is 9.18 Å². The maximum absolute atomic E-state index is 13.3. The molecule has 0 aliphatic carbocycles. The van der Waals surface area contributed by atoms with E-state index in [0.29, 0.717) is 24.9 Å². The van der Waals surface area contributed by atoms with Crippen LogP contribution in [-0.4, -0.2) is 12.5 Å². The third-order valence-electron chi connectivity index (χ3n) is 3.60. The van der Waals surface area contributed by atoms with Gasteiger partial charge in [0.15, 0.2) is 0 Å². The van der Waals surface area contributed by atoms with Crippen LogP contribution in [-0.2, 0) is 4.79 Å². The van der Waals surface area contributed by atoms with Crippen molar-refractivity contribution in [3.63, 3.8) is 0 Å². The van der Waals surface area contributed by atoms with Gasteiger partial charge in [-0.05, 0) is 43.1 Å². The van der Waals surface area contributed by atoms with Crippen LogP contribution in [0.4, 0.5) is 4.39 Å². The molecule has 2 aromatic carbocycles. The highest BCUT2D eigenvalue weighted by atomic mass is 35.5. The van der Waals surface area contributed by atoms with Crippen molar-refractivity contribution in [2.24, 2.45) is 5.73 Å². The first-order chi connectivity index (χ1) is 11.0. The van der Waals surface area contributed by atoms with Gasteiger partial charge in [0.25, 0.3) is 0 Å². The molecule has 6 heteroatoms. The topological polar surface area (TPSA) is 55.1 Å². The van der Waals surface area contributed by atoms with Gasteiger partial charge < -0.3 is 11.1 Å². The highest BCUT2D eigenvalue weighted by Crippen LogP contribution is 2.29. The zero-order valence-corrected chi connectivity index (χ0v) is 15.0. The summed E-state index contributed by atoms with van der Waals surface area (Å²) in [6, 6.07) is 11.6. The second kappa shape index (κ2) is 9.62. The average Bonchev–Trinajstić information content (AvgIpc) is 2.52. The van der Waals surface area contributed by atoms with Gasteiger partial charge in [-0.2, -0.15) is 0 Å². The third kappa shape index (κ3) is 5.48. The van der Waals surface area contributed by atoms with E-state index in [1.165, 1.54) is 12.1 Å². The predicted molar refractivity (Wildman–Crippen MR) is 98.1 cm³/mol. The zero-order valence-electron chi connectivity index (χ0n) is 13.4. The second-order valence-corrected chi connectivity index (χ2v) is 5.88. The molecule has 24 heavy (non-hydrogen) atoms. The molecule has 0 spiro atoms. The van der Waals surface area contributed by atoms with Gasteiger partial charge in [-0.1, -0.05) is 47.5 Å². The van der Waals surface area contributed by atoms with Gasteiger partial charge in [0.1, 0.15) is 5.82 Å². The van der Waals surface area contributed by atoms with Crippen LogP contribution < -0.4 is 11.1 Å². The van der Waals surface area contributed by atoms with Gasteiger partial charge >= 0.3 is 0 Å². The number of carbonyl (C=O) groups is 1. The summed E-state index contributed by atoms with van der Waals surface area (Å²) in [5, 5.41) is 3.25. The van der Waals surface area contributed by atoms with Crippen molar-refractivity contribution in [1.29, 1.82) is 0 Å². The Kier molecular flexibility index (Phi) is 8.19. The van der Waals surface area contributed by atoms with E-state index in [0.717, 1.165) is 11.1 Å². The van der Waals surface area contributed by atoms with Crippen molar-refractivity contribution in [3.05, 3.63) is 70.0 Å². The number of rotatable bonds is 6. The zero-order chi connectivity index (χ0) is 16.8. The molecule has 2 rings (SSSR count). The third-order valence-corrected chi connectivity index (χ3v) is 3.92. The summed E-state index contributed by atoms with van der Waals surface area (Å²) in [6.45, 7) is 2.45. The molecule has 1 unspecified atom stereocenters. The molecule has 0 radical (unpaired) electrons. The molecule has 3 N–H and O–H groups in total. The summed E-state index contributed by atoms with van der Waals surface area (Å²) in [6.07, 6.45) is 0.960. The quantitative estimate of drug-likeness (QED) is 0.801. The molecule has 3 nitrogen and oxygen atoms in total. The van der Waals surface area contributed by atoms with Crippen LogP contribution in [0.1, 0.15) is 35.6 Å². The molecule has 0 aliphatic rings. The van der Waals surface area contributed by atoms with Crippen molar-refractivity contribution in [2.75, 3.05) is 6.54 Å². The van der Waals surface area contributed by atoms with Crippen molar-refractivity contribution in [1.82, 2.24) is 5.32 Å². The minimum atomic E-state index is -0.422. The van der Waals surface area contributed by atoms with Gasteiger partial charge in [-0.15, -0.1) is 12.4 Å². The molecule has 0 saturated heterocycles. The Labute approximate surface area is 152 Å². The Morgan fingerprint density at radius 2 is 1.92 bits per heavy atom. The molecule has 2 aromatic rings. The number of benzene rings is 2. The smallest absolute Gasteiger partial charge is 0.220 e. The van der Waals surface area contributed by atoms with Gasteiger partial charge in [0.05, 0.1) is 6.04 Å². The highest BCUT2D eigenvalue weighted by Gasteiger charge is 2.19. The minimum Gasteiger partial charge on any atom is -0.345 e. The average molecular weight is 371 g/mol. The van der Waals surface area contributed by atoms with Gasteiger partial charge in [0.2, 0.25) is 5.91 Å². The van der Waals surface area contributed by atoms with Crippen molar-refractivity contribution >= 4 is 29.9 Å². The minimum absolute atomic E-state index is 0. The van der Waals surface area contributed by atoms with Crippen LogP contribution >= 0.6 is 24.0 Å². The van der Waals surface area contributed by atoms with Crippen LogP contribution in [0.5, 0.6) is 0 Å². The fourth-order valence-electron chi connectivity index (χ4n) is 2.33. The summed E-state index contributed by atoms with van der Waals surface area (Å²) in [5.41, 5.74) is 8.12. The Bertz CT molecular complexity index is 677. The maximum atomic E-state index is 13.3. The first-order valence-corrected chi connectivity index (χ1v) is 7.90. The van der Waals surface area contributed by atoms with E-state index in [-0.39, 0.29) is 23.3 Å². The SMILES string of the molecule is Cc1ccc(C(NC(=O)CCCN)c2ccc(F)cc2Cl)cc1.Cl. The standard InChI is InChI=1S/C18H20ClFN2O.ClH/c1-12-4-6-13(7-5-12)18(22-17(23)3-2-10-21)15-9-8-14(20)11-16(15)19;/h4-9,11,18H,2-3,10,21H2,1H3,(H,22,23);1H. The van der Waals surface area contributed by atoms with Gasteiger partial charge in [-0.3, -0.25) is 4.79 Å². The van der Waals surface area contributed by atoms with E-state index in [4.69, 9.17) is 17.3 Å². The molecule has 0 fully saturated rings. The van der Waals surface area contributed by atoms with E-state index in [1.54, 1.807) is 6.07 Å². The van der Waals surface area contributed by atoms with E-state index in [1.807, 2.05) is 31.2 Å². The van der Waals surface area contributed by atoms with Crippen molar-refractivity contribution in [2.45, 2.75) is 25.8 Å². The molecule has 0 bridgehead atoms. The second-order valence-electron chi connectivity index (χ2n) is 5.47. The number of carbonyl (C=O) groups excluding carboxylic acids is 1. The monoisotopic (exact) mass is 370 g/mol. The van der Waals surface area contributed by atoms with Crippen LogP contribution in [0.2, 0.25) is 5.02 Å². The number of halogens is 3. The van der Waals surface area contributed by atoms with E-state index >= 15 is 0 Å². The van der Waals surface area contributed by atoms with Crippen LogP contribution in [0.15, 0.2) is 42.5 Å². The molecule has 0 aromatic heterocycles. The number of hydrogen-bond acceptors (Lipinski definition) is 2. The van der Waals surface area contributed by atoms with Gasteiger partial charge in [0, 0.05) is 11.4 Å². The molecule has 1 atom stereocenters. The molecule has 130 valence electrons. The summed E-state index contributed by atoms with van der Waals surface area (Å²) in [5.74, 6) is -0.516. The van der Waals surface area contributed by atoms with Crippen LogP contribution in [0.3, 0.4) is 0 Å². The lowest BCUT2D eigenvalue weighted by Crippen LogP contribution is -2.29. The number of aryl methyl sites for hydroxylation is 1. The molecule has 0 saturated carbocycles. The summed E-state index contributed by atoms with van der Waals surface area (Å²) in [4.78, 5) is 12.1. The number of nitrogens with two attached hydrogens (primary N) is 1. The first kappa shape index (κ1) is 20.4. The van der Waals surface area contributed by atoms with Gasteiger partial charge in [-0.25, -0.2) is 4.39 Å². The van der Waals surface area contributed by atoms with Crippen molar-refractivity contribution in [3.8, 4) is 0 Å². The van der Waals surface area contributed by atoms with E-state index in [9.17, 15) is 9.18 Å². The van der Waals surface area contributed by atoms with Crippen LogP contribution in [0, 0.1) is 12.7 Å². The molecular formula is C18H21Cl2FN2O. The highest BCUT2D eigenvalue weighted by molar-refractivity contribution is 6.31. The first-order valence-electron chi connectivity index (χ1n) is 7.52. The molecule has 0 heterocycles. The normalized spacial score (nSPS) is 11.5. The number of nitrogens with one attached hydrogen (secondary N) is 1. The molecule has 1 amide bonds. The Morgan fingerprint density at radius 3 is 2.50 bits per heavy atom. The lowest BCUT2D eigenvalue weighted by molar-refractivity contribution is -0.121. The largest absolute Gasteiger partial charge is 0.345 e. The molecular weight excluding hydrogens is 350 g/mol. The molecule has 0 aliphatic heterocycles. The Balaban J connectivity index is 0.00000288. The summed E-state index contributed by atoms with van der Waals surface area (Å²) < 4.78 is 13.3. The van der Waals surface area contributed by atoms with Crippen LogP contribution in [0.25, 0.3) is 0 Å². The Morgan fingerprint density at radius 1 is 1.25 bits per heavy atom. The lowest BCUT2D eigenvalue weighted by atomic mass is 9.97. The fraction of sp³-hybridized carbons (Fsp3) is 0.278. The lowest BCUT2D eigenvalue weighted by Gasteiger charge is -2.21. The van der Waals surface area contributed by atoms with E-state index < -0.39 is 11.9 Å². The number of hydrogen-bond donors (Lipinski definition) is 2. The fourth-order valence-corrected chi connectivity index (χ4v) is 2.61. The maximum Gasteiger partial charge on any atom is 0.220 e.